The number of halogens is 1. The maximum atomic E-state index is 13.1. The molecule has 1 amide bonds. The lowest BCUT2D eigenvalue weighted by Gasteiger charge is -2.09. The molecule has 0 atom stereocenters. The van der Waals surface area contributed by atoms with Crippen molar-refractivity contribution in [2.24, 2.45) is 0 Å². The highest BCUT2D eigenvalue weighted by atomic mass is 19.1. The van der Waals surface area contributed by atoms with Crippen LogP contribution < -0.4 is 10.1 Å². The molecule has 0 radical (unpaired) electrons. The number of hydrogen-bond donors (Lipinski definition) is 1. The first-order valence-electron chi connectivity index (χ1n) is 8.10. The zero-order valence-corrected chi connectivity index (χ0v) is 14.5. The Morgan fingerprint density at radius 2 is 1.85 bits per heavy atom. The van der Waals surface area contributed by atoms with Gasteiger partial charge in [-0.25, -0.2) is 9.37 Å². The summed E-state index contributed by atoms with van der Waals surface area (Å²) in [6.07, 6.45) is 0. The maximum Gasteiger partial charge on any atom is 0.262 e. The van der Waals surface area contributed by atoms with Gasteiger partial charge in [0.15, 0.2) is 12.4 Å². The van der Waals surface area contributed by atoms with Crippen LogP contribution in [0.1, 0.15) is 11.3 Å². The summed E-state index contributed by atoms with van der Waals surface area (Å²) in [5.41, 5.74) is 3.13. The van der Waals surface area contributed by atoms with Crippen LogP contribution in [0.3, 0.4) is 0 Å². The number of carbonyl (C=O) groups is 1. The van der Waals surface area contributed by atoms with Gasteiger partial charge in [-0.3, -0.25) is 4.79 Å². The highest BCUT2D eigenvalue weighted by molar-refractivity contribution is 5.91. The molecule has 0 aliphatic carbocycles. The molecule has 26 heavy (non-hydrogen) atoms. The average molecular weight is 351 g/mol. The van der Waals surface area contributed by atoms with E-state index in [1.807, 2.05) is 31.2 Å². The molecule has 1 aromatic heterocycles. The number of amides is 1. The van der Waals surface area contributed by atoms with Crippen LogP contribution in [0.25, 0.3) is 11.4 Å². The van der Waals surface area contributed by atoms with E-state index in [0.29, 0.717) is 22.8 Å². The molecule has 0 fully saturated rings. The van der Waals surface area contributed by atoms with E-state index in [2.05, 4.69) is 15.3 Å². The van der Waals surface area contributed by atoms with Gasteiger partial charge in [-0.2, -0.15) is 4.98 Å². The van der Waals surface area contributed by atoms with Crippen molar-refractivity contribution >= 4 is 11.6 Å². The van der Waals surface area contributed by atoms with Crippen molar-refractivity contribution in [3.05, 3.63) is 71.7 Å². The van der Waals surface area contributed by atoms with Crippen LogP contribution in [-0.2, 0) is 4.79 Å². The van der Waals surface area contributed by atoms with Crippen molar-refractivity contribution in [3.63, 3.8) is 0 Å². The van der Waals surface area contributed by atoms with E-state index in [-0.39, 0.29) is 24.2 Å². The number of ether oxygens (including phenoxy) is 1. The van der Waals surface area contributed by atoms with Gasteiger partial charge in [-0.1, -0.05) is 12.1 Å². The van der Waals surface area contributed by atoms with E-state index >= 15 is 0 Å². The Kier molecular flexibility index (Phi) is 5.22. The number of anilines is 1. The molecule has 3 rings (SSSR count). The first-order chi connectivity index (χ1) is 12.5. The third kappa shape index (κ3) is 4.63. The van der Waals surface area contributed by atoms with E-state index in [4.69, 9.17) is 4.74 Å². The summed E-state index contributed by atoms with van der Waals surface area (Å²) < 4.78 is 18.6. The predicted molar refractivity (Wildman–Crippen MR) is 97.5 cm³/mol. The Morgan fingerprint density at radius 1 is 1.08 bits per heavy atom. The second-order valence-corrected chi connectivity index (χ2v) is 5.88. The molecule has 1 N–H and O–H groups in total. The monoisotopic (exact) mass is 351 g/mol. The van der Waals surface area contributed by atoms with E-state index in [0.717, 1.165) is 5.56 Å². The maximum absolute atomic E-state index is 13.1. The summed E-state index contributed by atoms with van der Waals surface area (Å²) >= 11 is 0. The SMILES string of the molecule is Cc1cccc(NC(=O)COc2cc(C)nc(-c3ccc(F)cc3)n2)c1. The zero-order valence-electron chi connectivity index (χ0n) is 14.5. The summed E-state index contributed by atoms with van der Waals surface area (Å²) in [6, 6.07) is 15.0. The number of hydrogen-bond acceptors (Lipinski definition) is 4. The normalized spacial score (nSPS) is 10.4. The molecule has 2 aromatic carbocycles. The standard InChI is InChI=1S/C20H18FN3O2/c1-13-4-3-5-17(10-13)23-18(25)12-26-19-11-14(2)22-20(24-19)15-6-8-16(21)9-7-15/h3-11H,12H2,1-2H3,(H,23,25). The fourth-order valence-corrected chi connectivity index (χ4v) is 2.40. The number of carbonyl (C=O) groups excluding carboxylic acids is 1. The minimum Gasteiger partial charge on any atom is -0.467 e. The molecule has 0 unspecified atom stereocenters. The molecule has 0 bridgehead atoms. The molecule has 1 heterocycles. The lowest BCUT2D eigenvalue weighted by molar-refractivity contribution is -0.118. The third-order valence-corrected chi connectivity index (χ3v) is 3.59. The van der Waals surface area contributed by atoms with Gasteiger partial charge in [0.05, 0.1) is 0 Å². The molecule has 0 aliphatic rings. The Bertz CT molecular complexity index is 927. The quantitative estimate of drug-likeness (QED) is 0.757. The Labute approximate surface area is 150 Å². The summed E-state index contributed by atoms with van der Waals surface area (Å²) in [5.74, 6) is 0.0937. The molecule has 0 saturated heterocycles. The highest BCUT2D eigenvalue weighted by Gasteiger charge is 2.09. The van der Waals surface area contributed by atoms with Gasteiger partial charge >= 0.3 is 0 Å². The molecular formula is C20H18FN3O2. The van der Waals surface area contributed by atoms with Crippen LogP contribution in [0.15, 0.2) is 54.6 Å². The van der Waals surface area contributed by atoms with Gasteiger partial charge < -0.3 is 10.1 Å². The van der Waals surface area contributed by atoms with Crippen LogP contribution in [0, 0.1) is 19.7 Å². The van der Waals surface area contributed by atoms with Gasteiger partial charge in [0.1, 0.15) is 5.82 Å². The summed E-state index contributed by atoms with van der Waals surface area (Å²) in [4.78, 5) is 20.7. The van der Waals surface area contributed by atoms with E-state index < -0.39 is 0 Å². The number of aromatic nitrogens is 2. The number of nitrogens with zero attached hydrogens (tertiary/aromatic N) is 2. The molecular weight excluding hydrogens is 333 g/mol. The third-order valence-electron chi connectivity index (χ3n) is 3.59. The van der Waals surface area contributed by atoms with Crippen LogP contribution in [0.2, 0.25) is 0 Å². The van der Waals surface area contributed by atoms with E-state index in [1.165, 1.54) is 12.1 Å². The second-order valence-electron chi connectivity index (χ2n) is 5.88. The van der Waals surface area contributed by atoms with Crippen molar-refractivity contribution in [1.82, 2.24) is 9.97 Å². The predicted octanol–water partition coefficient (Wildman–Crippen LogP) is 3.92. The topological polar surface area (TPSA) is 64.1 Å². The summed E-state index contributed by atoms with van der Waals surface area (Å²) in [7, 11) is 0. The zero-order chi connectivity index (χ0) is 18.5. The first kappa shape index (κ1) is 17.5. The van der Waals surface area contributed by atoms with Crippen LogP contribution in [0.4, 0.5) is 10.1 Å². The molecule has 3 aromatic rings. The summed E-state index contributed by atoms with van der Waals surface area (Å²) in [6.45, 7) is 3.58. The second kappa shape index (κ2) is 7.74. The van der Waals surface area contributed by atoms with Gasteiger partial charge in [-0.05, 0) is 55.8 Å². The fourth-order valence-electron chi connectivity index (χ4n) is 2.40. The van der Waals surface area contributed by atoms with Crippen LogP contribution in [0.5, 0.6) is 5.88 Å². The van der Waals surface area contributed by atoms with Crippen molar-refractivity contribution in [2.45, 2.75) is 13.8 Å². The molecule has 0 aliphatic heterocycles. The lowest BCUT2D eigenvalue weighted by atomic mass is 10.2. The van der Waals surface area contributed by atoms with Crippen LogP contribution >= 0.6 is 0 Å². The Balaban J connectivity index is 1.68. The number of rotatable bonds is 5. The van der Waals surface area contributed by atoms with Crippen molar-refractivity contribution in [1.29, 1.82) is 0 Å². The number of nitrogens with one attached hydrogen (secondary N) is 1. The highest BCUT2D eigenvalue weighted by Crippen LogP contribution is 2.19. The van der Waals surface area contributed by atoms with Crippen molar-refractivity contribution in [3.8, 4) is 17.3 Å². The minimum atomic E-state index is -0.328. The first-order valence-corrected chi connectivity index (χ1v) is 8.10. The van der Waals surface area contributed by atoms with Crippen LogP contribution in [-0.4, -0.2) is 22.5 Å². The van der Waals surface area contributed by atoms with Gasteiger partial charge in [0.25, 0.3) is 5.91 Å². The summed E-state index contributed by atoms with van der Waals surface area (Å²) in [5, 5.41) is 2.77. The largest absolute Gasteiger partial charge is 0.467 e. The molecule has 0 saturated carbocycles. The van der Waals surface area contributed by atoms with Gasteiger partial charge in [0, 0.05) is 23.0 Å². The van der Waals surface area contributed by atoms with Gasteiger partial charge in [-0.15, -0.1) is 0 Å². The molecule has 0 spiro atoms. The van der Waals surface area contributed by atoms with E-state index in [1.54, 1.807) is 25.1 Å². The Morgan fingerprint density at radius 3 is 2.58 bits per heavy atom. The Hall–Kier alpha value is -3.28. The molecule has 6 heteroatoms. The average Bonchev–Trinajstić information content (AvgIpc) is 2.60. The smallest absolute Gasteiger partial charge is 0.262 e. The minimum absolute atomic E-state index is 0.173. The molecule has 5 nitrogen and oxygen atoms in total. The number of benzene rings is 2. The van der Waals surface area contributed by atoms with E-state index in [9.17, 15) is 9.18 Å². The fraction of sp³-hybridized carbons (Fsp3) is 0.150. The van der Waals surface area contributed by atoms with Crippen molar-refractivity contribution in [2.75, 3.05) is 11.9 Å². The number of aryl methyl sites for hydroxylation is 2. The van der Waals surface area contributed by atoms with Crippen molar-refractivity contribution < 1.29 is 13.9 Å². The van der Waals surface area contributed by atoms with Gasteiger partial charge in [0.2, 0.25) is 5.88 Å². The molecule has 132 valence electrons. The lowest BCUT2D eigenvalue weighted by Crippen LogP contribution is -2.20.